The van der Waals surface area contributed by atoms with Gasteiger partial charge in [0, 0.05) is 6.42 Å². The zero-order chi connectivity index (χ0) is 40.2. The molecule has 9 heteroatoms. The van der Waals surface area contributed by atoms with Crippen LogP contribution in [0.15, 0.2) is 24.3 Å². The van der Waals surface area contributed by atoms with Crippen molar-refractivity contribution in [2.45, 2.75) is 249 Å². The van der Waals surface area contributed by atoms with Crippen LogP contribution in [0, 0.1) is 0 Å². The first-order chi connectivity index (χ1) is 26.8. The number of carbonyl (C=O) groups excluding carboxylic acids is 1. The van der Waals surface area contributed by atoms with Gasteiger partial charge < -0.3 is 40.3 Å². The molecule has 0 spiro atoms. The summed E-state index contributed by atoms with van der Waals surface area (Å²) < 4.78 is 11.2. The molecule has 0 radical (unpaired) electrons. The molecule has 0 aromatic heterocycles. The molecule has 0 bridgehead atoms. The highest BCUT2D eigenvalue weighted by atomic mass is 16.7. The number of hydrogen-bond acceptors (Lipinski definition) is 8. The van der Waals surface area contributed by atoms with Crippen molar-refractivity contribution < 1.29 is 39.8 Å². The summed E-state index contributed by atoms with van der Waals surface area (Å²) in [7, 11) is 0. The number of ether oxygens (including phenoxy) is 2. The van der Waals surface area contributed by atoms with Crippen molar-refractivity contribution in [2.75, 3.05) is 13.2 Å². The lowest BCUT2D eigenvalue weighted by molar-refractivity contribution is -0.302. The smallest absolute Gasteiger partial charge is 0.220 e. The van der Waals surface area contributed by atoms with Crippen LogP contribution in [-0.4, -0.2) is 87.5 Å². The SMILES string of the molecule is CCCCC/C=C\C/C=C\CCCCCCCCCCCC(=O)NC(COC1OC(CO)C(O)C(O)C1O)C(O)CCCCCCCCCCCCCCC. The molecule has 7 unspecified atom stereocenters. The van der Waals surface area contributed by atoms with Crippen molar-refractivity contribution in [3.8, 4) is 0 Å². The van der Waals surface area contributed by atoms with Gasteiger partial charge in [-0.15, -0.1) is 0 Å². The summed E-state index contributed by atoms with van der Waals surface area (Å²) >= 11 is 0. The summed E-state index contributed by atoms with van der Waals surface area (Å²) in [6, 6.07) is -0.718. The maximum atomic E-state index is 13.0. The zero-order valence-corrected chi connectivity index (χ0v) is 35.4. The van der Waals surface area contributed by atoms with E-state index in [9.17, 15) is 30.3 Å². The molecule has 0 aromatic rings. The first-order valence-electron chi connectivity index (χ1n) is 23.0. The third kappa shape index (κ3) is 27.9. The lowest BCUT2D eigenvalue weighted by Crippen LogP contribution is -2.60. The summed E-state index contributed by atoms with van der Waals surface area (Å²) in [5, 5.41) is 54.3. The maximum absolute atomic E-state index is 13.0. The van der Waals surface area contributed by atoms with Gasteiger partial charge in [0.2, 0.25) is 5.91 Å². The summed E-state index contributed by atoms with van der Waals surface area (Å²) in [4.78, 5) is 13.0. The fraction of sp³-hybridized carbons (Fsp3) is 0.891. The largest absolute Gasteiger partial charge is 0.394 e. The average Bonchev–Trinajstić information content (AvgIpc) is 3.18. The lowest BCUT2D eigenvalue weighted by Gasteiger charge is -2.40. The number of amides is 1. The standard InChI is InChI=1S/C46H87NO8/c1-3-5-7-9-11-13-15-17-18-19-20-21-22-24-26-28-30-32-34-36-42(50)47-39(38-54-46-45(53)44(52)43(51)41(37-48)55-46)40(49)35-33-31-29-27-25-23-16-14-12-10-8-6-4-2/h11,13,17-18,39-41,43-46,48-49,51-53H,3-10,12,14-16,19-38H2,1-2H3,(H,47,50)/b13-11-,18-17-. The van der Waals surface area contributed by atoms with Crippen LogP contribution < -0.4 is 5.32 Å². The molecule has 1 aliphatic heterocycles. The normalized spacial score (nSPS) is 21.5. The summed E-state index contributed by atoms with van der Waals surface area (Å²) in [6.45, 7) is 3.80. The maximum Gasteiger partial charge on any atom is 0.220 e. The van der Waals surface area contributed by atoms with Crippen molar-refractivity contribution in [3.63, 3.8) is 0 Å². The van der Waals surface area contributed by atoms with Crippen LogP contribution in [-0.2, 0) is 14.3 Å². The molecule has 1 fully saturated rings. The number of carbonyl (C=O) groups is 1. The average molecular weight is 782 g/mol. The molecule has 9 nitrogen and oxygen atoms in total. The molecular formula is C46H87NO8. The minimum Gasteiger partial charge on any atom is -0.394 e. The molecule has 1 rings (SSSR count). The van der Waals surface area contributed by atoms with Crippen molar-refractivity contribution in [3.05, 3.63) is 24.3 Å². The van der Waals surface area contributed by atoms with Gasteiger partial charge in [-0.05, 0) is 44.9 Å². The van der Waals surface area contributed by atoms with Gasteiger partial charge in [0.1, 0.15) is 24.4 Å². The highest BCUT2D eigenvalue weighted by Crippen LogP contribution is 2.23. The molecule has 1 aliphatic rings. The van der Waals surface area contributed by atoms with Crippen molar-refractivity contribution in [1.29, 1.82) is 0 Å². The van der Waals surface area contributed by atoms with Crippen LogP contribution in [0.5, 0.6) is 0 Å². The quantitative estimate of drug-likeness (QED) is 0.0268. The third-order valence-corrected chi connectivity index (χ3v) is 11.1. The van der Waals surface area contributed by atoms with Crippen molar-refractivity contribution in [1.82, 2.24) is 5.32 Å². The van der Waals surface area contributed by atoms with Gasteiger partial charge in [-0.3, -0.25) is 4.79 Å². The second kappa shape index (κ2) is 37.0. The highest BCUT2D eigenvalue weighted by Gasteiger charge is 2.44. The Bertz CT molecular complexity index is 914. The first-order valence-corrected chi connectivity index (χ1v) is 23.0. The molecule has 1 amide bonds. The topological polar surface area (TPSA) is 149 Å². The number of rotatable bonds is 38. The minimum absolute atomic E-state index is 0.138. The fourth-order valence-corrected chi connectivity index (χ4v) is 7.31. The van der Waals surface area contributed by atoms with Crippen LogP contribution in [0.2, 0.25) is 0 Å². The Balaban J connectivity index is 2.31. The number of hydrogen-bond donors (Lipinski definition) is 6. The number of aliphatic hydroxyl groups excluding tert-OH is 5. The van der Waals surface area contributed by atoms with Crippen molar-refractivity contribution in [2.24, 2.45) is 0 Å². The van der Waals surface area contributed by atoms with E-state index in [1.54, 1.807) is 0 Å². The molecule has 6 N–H and O–H groups in total. The monoisotopic (exact) mass is 782 g/mol. The molecule has 1 heterocycles. The van der Waals surface area contributed by atoms with Gasteiger partial charge in [-0.2, -0.15) is 0 Å². The van der Waals surface area contributed by atoms with Gasteiger partial charge >= 0.3 is 0 Å². The molecular weight excluding hydrogens is 695 g/mol. The number of allylic oxidation sites excluding steroid dienone is 4. The van der Waals surface area contributed by atoms with E-state index in [1.807, 2.05) is 0 Å². The third-order valence-electron chi connectivity index (χ3n) is 11.1. The summed E-state index contributed by atoms with van der Waals surface area (Å²) in [5.41, 5.74) is 0. The van der Waals surface area contributed by atoms with E-state index in [-0.39, 0.29) is 12.5 Å². The summed E-state index contributed by atoms with van der Waals surface area (Å²) in [5.74, 6) is -0.149. The Labute approximate surface area is 337 Å². The van der Waals surface area contributed by atoms with E-state index in [2.05, 4.69) is 43.5 Å². The number of nitrogens with one attached hydrogen (secondary N) is 1. The van der Waals surface area contributed by atoms with Crippen LogP contribution in [0.25, 0.3) is 0 Å². The molecule has 55 heavy (non-hydrogen) atoms. The summed E-state index contributed by atoms with van der Waals surface area (Å²) in [6.07, 6.45) is 36.0. The molecule has 0 aliphatic carbocycles. The van der Waals surface area contributed by atoms with Gasteiger partial charge in [-0.25, -0.2) is 0 Å². The molecule has 0 aromatic carbocycles. The Morgan fingerprint density at radius 3 is 1.60 bits per heavy atom. The van der Waals surface area contributed by atoms with Gasteiger partial charge in [0.05, 0.1) is 25.4 Å². The number of aliphatic hydroxyl groups is 5. The molecule has 0 saturated carbocycles. The Hall–Kier alpha value is -1.33. The van der Waals surface area contributed by atoms with Gasteiger partial charge in [0.25, 0.3) is 0 Å². The van der Waals surface area contributed by atoms with E-state index in [1.165, 1.54) is 135 Å². The van der Waals surface area contributed by atoms with Crippen LogP contribution in [0.1, 0.15) is 206 Å². The van der Waals surface area contributed by atoms with E-state index in [0.717, 1.165) is 44.9 Å². The molecule has 324 valence electrons. The van der Waals surface area contributed by atoms with Gasteiger partial charge in [0.15, 0.2) is 6.29 Å². The predicted octanol–water partition coefficient (Wildman–Crippen LogP) is 9.50. The second-order valence-corrected chi connectivity index (χ2v) is 16.2. The Morgan fingerprint density at radius 1 is 0.618 bits per heavy atom. The van der Waals surface area contributed by atoms with E-state index >= 15 is 0 Å². The minimum atomic E-state index is -1.55. The van der Waals surface area contributed by atoms with Crippen molar-refractivity contribution >= 4 is 5.91 Å². The Kier molecular flexibility index (Phi) is 34.7. The van der Waals surface area contributed by atoms with Crippen LogP contribution in [0.3, 0.4) is 0 Å². The Morgan fingerprint density at radius 2 is 1.07 bits per heavy atom. The molecule has 7 atom stereocenters. The first kappa shape index (κ1) is 51.7. The van der Waals surface area contributed by atoms with E-state index < -0.39 is 49.5 Å². The predicted molar refractivity (Wildman–Crippen MR) is 226 cm³/mol. The highest BCUT2D eigenvalue weighted by molar-refractivity contribution is 5.76. The van der Waals surface area contributed by atoms with E-state index in [0.29, 0.717) is 12.8 Å². The zero-order valence-electron chi connectivity index (χ0n) is 35.4. The second-order valence-electron chi connectivity index (χ2n) is 16.2. The van der Waals surface area contributed by atoms with Crippen LogP contribution in [0.4, 0.5) is 0 Å². The molecule has 1 saturated heterocycles. The van der Waals surface area contributed by atoms with Crippen LogP contribution >= 0.6 is 0 Å². The lowest BCUT2D eigenvalue weighted by atomic mass is 9.99. The van der Waals surface area contributed by atoms with E-state index in [4.69, 9.17) is 9.47 Å². The van der Waals surface area contributed by atoms with Gasteiger partial charge in [-0.1, -0.05) is 179 Å². The number of unbranched alkanes of at least 4 members (excludes halogenated alkanes) is 24. The fourth-order valence-electron chi connectivity index (χ4n) is 7.31.